The smallest absolute Gasteiger partial charge is 0.228 e. The lowest BCUT2D eigenvalue weighted by Crippen LogP contribution is -2.47. The second-order valence-corrected chi connectivity index (χ2v) is 5.93. The lowest BCUT2D eigenvalue weighted by atomic mass is 9.93. The lowest BCUT2D eigenvalue weighted by Gasteiger charge is -2.28. The van der Waals surface area contributed by atoms with Gasteiger partial charge in [0.25, 0.3) is 0 Å². The van der Waals surface area contributed by atoms with Crippen molar-refractivity contribution in [2.45, 2.75) is 50.0 Å². The molecule has 6 heteroatoms. The Morgan fingerprint density at radius 1 is 1.47 bits per heavy atom. The van der Waals surface area contributed by atoms with Crippen LogP contribution in [0.1, 0.15) is 32.6 Å². The summed E-state index contributed by atoms with van der Waals surface area (Å²) >= 11 is 0. The van der Waals surface area contributed by atoms with E-state index in [1.807, 2.05) is 0 Å². The summed E-state index contributed by atoms with van der Waals surface area (Å²) in [5, 5.41) is 17.0. The molecule has 1 unspecified atom stereocenters. The van der Waals surface area contributed by atoms with Crippen LogP contribution in [0, 0.1) is 11.3 Å². The minimum absolute atomic E-state index is 0.431. The molecule has 86 valence electrons. The van der Waals surface area contributed by atoms with Crippen molar-refractivity contribution in [1.82, 2.24) is 4.72 Å². The highest BCUT2D eigenvalue weighted by Gasteiger charge is 2.29. The molecule has 1 fully saturated rings. The maximum Gasteiger partial charge on any atom is 0.228 e. The van der Waals surface area contributed by atoms with Crippen molar-refractivity contribution in [3.8, 4) is 6.07 Å². The number of hydrogen-bond donors (Lipinski definition) is 2. The Hall–Kier alpha value is -0.640. The fourth-order valence-corrected chi connectivity index (χ4v) is 2.67. The summed E-state index contributed by atoms with van der Waals surface area (Å²) in [5.74, 6) is 0. The molecule has 0 aromatic rings. The fourth-order valence-electron chi connectivity index (χ4n) is 1.63. The standard InChI is InChI=1S/C9H16N2O3S/c1-7(6-10)15(13,14)11-8-4-2-3-5-9(8)12/h7-9,11-12H,2-5H2,1H3/t7?,8-,9-/m0/s1. The summed E-state index contributed by atoms with van der Waals surface area (Å²) in [6, 6.07) is 1.25. The van der Waals surface area contributed by atoms with Gasteiger partial charge in [-0.15, -0.1) is 0 Å². The van der Waals surface area contributed by atoms with Crippen molar-refractivity contribution in [3.05, 3.63) is 0 Å². The lowest BCUT2D eigenvalue weighted by molar-refractivity contribution is 0.101. The molecular weight excluding hydrogens is 216 g/mol. The van der Waals surface area contributed by atoms with Crippen LogP contribution in [0.5, 0.6) is 0 Å². The molecule has 2 N–H and O–H groups in total. The fraction of sp³-hybridized carbons (Fsp3) is 0.889. The van der Waals surface area contributed by atoms with Crippen molar-refractivity contribution in [3.63, 3.8) is 0 Å². The number of nitrogens with one attached hydrogen (secondary N) is 1. The molecule has 3 atom stereocenters. The molecule has 0 aliphatic heterocycles. The van der Waals surface area contributed by atoms with Crippen molar-refractivity contribution < 1.29 is 13.5 Å². The zero-order chi connectivity index (χ0) is 11.5. The number of nitriles is 1. The van der Waals surface area contributed by atoms with Crippen molar-refractivity contribution in [1.29, 1.82) is 5.26 Å². The van der Waals surface area contributed by atoms with Crippen LogP contribution in [-0.2, 0) is 10.0 Å². The molecule has 0 saturated heterocycles. The second kappa shape index (κ2) is 4.92. The van der Waals surface area contributed by atoms with Gasteiger partial charge in [-0.3, -0.25) is 0 Å². The van der Waals surface area contributed by atoms with Gasteiger partial charge in [0.05, 0.1) is 12.2 Å². The Labute approximate surface area is 90.2 Å². The third-order valence-electron chi connectivity index (χ3n) is 2.69. The van der Waals surface area contributed by atoms with Gasteiger partial charge in [0.2, 0.25) is 10.0 Å². The van der Waals surface area contributed by atoms with E-state index < -0.39 is 27.4 Å². The zero-order valence-electron chi connectivity index (χ0n) is 8.68. The van der Waals surface area contributed by atoms with E-state index in [4.69, 9.17) is 5.26 Å². The summed E-state index contributed by atoms with van der Waals surface area (Å²) in [5.41, 5.74) is 0. The Bertz CT molecular complexity index is 347. The molecule has 15 heavy (non-hydrogen) atoms. The van der Waals surface area contributed by atoms with Crippen LogP contribution in [0.25, 0.3) is 0 Å². The Morgan fingerprint density at radius 3 is 2.60 bits per heavy atom. The summed E-state index contributed by atoms with van der Waals surface area (Å²) in [7, 11) is -3.61. The molecule has 0 bridgehead atoms. The average Bonchev–Trinajstić information content (AvgIpc) is 2.20. The van der Waals surface area contributed by atoms with Crippen LogP contribution in [0.15, 0.2) is 0 Å². The number of hydrogen-bond acceptors (Lipinski definition) is 4. The minimum atomic E-state index is -3.61. The molecule has 0 radical (unpaired) electrons. The van der Waals surface area contributed by atoms with Crippen LogP contribution in [0.3, 0.4) is 0 Å². The topological polar surface area (TPSA) is 90.2 Å². The minimum Gasteiger partial charge on any atom is -0.391 e. The second-order valence-electron chi connectivity index (χ2n) is 3.89. The van der Waals surface area contributed by atoms with E-state index in [1.165, 1.54) is 6.92 Å². The normalized spacial score (nSPS) is 29.4. The summed E-state index contributed by atoms with van der Waals surface area (Å²) < 4.78 is 25.5. The van der Waals surface area contributed by atoms with Crippen LogP contribution < -0.4 is 4.72 Å². The number of sulfonamides is 1. The predicted molar refractivity (Wildman–Crippen MR) is 55.4 cm³/mol. The molecule has 0 amide bonds. The number of rotatable bonds is 3. The maximum atomic E-state index is 11.5. The Kier molecular flexibility index (Phi) is 4.08. The van der Waals surface area contributed by atoms with Gasteiger partial charge in [-0.1, -0.05) is 12.8 Å². The van der Waals surface area contributed by atoms with E-state index in [0.717, 1.165) is 12.8 Å². The van der Waals surface area contributed by atoms with Gasteiger partial charge in [-0.2, -0.15) is 5.26 Å². The van der Waals surface area contributed by atoms with E-state index in [-0.39, 0.29) is 0 Å². The predicted octanol–water partition coefficient (Wildman–Crippen LogP) is 0.121. The van der Waals surface area contributed by atoms with Crippen LogP contribution in [0.2, 0.25) is 0 Å². The van der Waals surface area contributed by atoms with Crippen molar-refractivity contribution >= 4 is 10.0 Å². The summed E-state index contributed by atoms with van der Waals surface area (Å²) in [6.45, 7) is 1.33. The molecule has 5 nitrogen and oxygen atoms in total. The monoisotopic (exact) mass is 232 g/mol. The van der Waals surface area contributed by atoms with E-state index in [9.17, 15) is 13.5 Å². The van der Waals surface area contributed by atoms with E-state index in [2.05, 4.69) is 4.72 Å². The molecule has 1 aliphatic rings. The van der Waals surface area contributed by atoms with Gasteiger partial charge in [-0.25, -0.2) is 13.1 Å². The molecule has 1 aliphatic carbocycles. The molecule has 1 rings (SSSR count). The summed E-state index contributed by atoms with van der Waals surface area (Å²) in [6.07, 6.45) is 2.46. The first kappa shape index (κ1) is 12.4. The van der Waals surface area contributed by atoms with Gasteiger partial charge in [0.1, 0.15) is 0 Å². The van der Waals surface area contributed by atoms with Gasteiger partial charge in [0.15, 0.2) is 5.25 Å². The van der Waals surface area contributed by atoms with Gasteiger partial charge < -0.3 is 5.11 Å². The molecule has 0 aromatic heterocycles. The molecule has 0 spiro atoms. The van der Waals surface area contributed by atoms with Gasteiger partial charge >= 0.3 is 0 Å². The van der Waals surface area contributed by atoms with Crippen LogP contribution >= 0.6 is 0 Å². The SMILES string of the molecule is CC(C#N)S(=O)(=O)N[C@H]1CCCC[C@@H]1O. The highest BCUT2D eigenvalue weighted by atomic mass is 32.2. The third kappa shape index (κ3) is 3.16. The Balaban J connectivity index is 2.65. The highest BCUT2D eigenvalue weighted by molar-refractivity contribution is 7.90. The van der Waals surface area contributed by atoms with Crippen LogP contribution in [0.4, 0.5) is 0 Å². The van der Waals surface area contributed by atoms with Crippen LogP contribution in [-0.4, -0.2) is 30.9 Å². The Morgan fingerprint density at radius 2 is 2.07 bits per heavy atom. The van der Waals surface area contributed by atoms with E-state index >= 15 is 0 Å². The highest BCUT2D eigenvalue weighted by Crippen LogP contribution is 2.19. The van der Waals surface area contributed by atoms with Crippen molar-refractivity contribution in [2.24, 2.45) is 0 Å². The first-order valence-corrected chi connectivity index (χ1v) is 6.61. The largest absolute Gasteiger partial charge is 0.391 e. The summed E-state index contributed by atoms with van der Waals surface area (Å²) in [4.78, 5) is 0. The number of aliphatic hydroxyl groups is 1. The van der Waals surface area contributed by atoms with E-state index in [0.29, 0.717) is 12.8 Å². The average molecular weight is 232 g/mol. The number of nitrogens with zero attached hydrogens (tertiary/aromatic N) is 1. The van der Waals surface area contributed by atoms with Crippen molar-refractivity contribution in [2.75, 3.05) is 0 Å². The first-order chi connectivity index (χ1) is 6.97. The zero-order valence-corrected chi connectivity index (χ0v) is 9.50. The third-order valence-corrected chi connectivity index (χ3v) is 4.36. The van der Waals surface area contributed by atoms with Gasteiger partial charge in [-0.05, 0) is 19.8 Å². The van der Waals surface area contributed by atoms with E-state index in [1.54, 1.807) is 6.07 Å². The molecule has 0 aromatic carbocycles. The quantitative estimate of drug-likeness (QED) is 0.723. The molecular formula is C9H16N2O3S. The molecule has 1 saturated carbocycles. The maximum absolute atomic E-state index is 11.5. The number of aliphatic hydroxyl groups excluding tert-OH is 1. The molecule has 0 heterocycles. The first-order valence-electron chi connectivity index (χ1n) is 5.06. The van der Waals surface area contributed by atoms with Gasteiger partial charge in [0, 0.05) is 6.04 Å².